The maximum absolute atomic E-state index is 6.83. The molecule has 2 heterocycles. The van der Waals surface area contributed by atoms with E-state index in [0.717, 1.165) is 84.6 Å². The predicted molar refractivity (Wildman–Crippen MR) is 234 cm³/mol. The summed E-state index contributed by atoms with van der Waals surface area (Å²) in [5.41, 5.74) is 16.6. The topological polar surface area (TPSA) is 21.7 Å². The van der Waals surface area contributed by atoms with Crippen molar-refractivity contribution in [3.63, 3.8) is 0 Å². The van der Waals surface area contributed by atoms with Gasteiger partial charge in [-0.2, -0.15) is 0 Å². The van der Waals surface area contributed by atoms with E-state index in [4.69, 9.17) is 9.47 Å². The Morgan fingerprint density at radius 3 is 1.30 bits per heavy atom. The molecular weight excluding hydrogens is 695 g/mol. The van der Waals surface area contributed by atoms with Gasteiger partial charge < -0.3 is 14.4 Å². The smallest absolute Gasteiger partial charge is 0.143 e. The van der Waals surface area contributed by atoms with Crippen LogP contribution in [0, 0.1) is 0 Å². The van der Waals surface area contributed by atoms with Crippen LogP contribution in [0.2, 0.25) is 0 Å². The molecule has 11 rings (SSSR count). The molecule has 0 bridgehead atoms. The summed E-state index contributed by atoms with van der Waals surface area (Å²) in [7, 11) is 0. The summed E-state index contributed by atoms with van der Waals surface area (Å²) in [5, 5.41) is 0. The lowest BCUT2D eigenvalue weighted by Gasteiger charge is -2.27. The molecule has 9 aromatic carbocycles. The van der Waals surface area contributed by atoms with Crippen LogP contribution < -0.4 is 14.4 Å². The Balaban J connectivity index is 1.05. The first kappa shape index (κ1) is 32.8. The maximum Gasteiger partial charge on any atom is 0.143 e. The van der Waals surface area contributed by atoms with Gasteiger partial charge in [0.1, 0.15) is 23.0 Å². The Morgan fingerprint density at radius 2 is 0.667 bits per heavy atom. The second kappa shape index (κ2) is 13.6. The van der Waals surface area contributed by atoms with Gasteiger partial charge in [-0.1, -0.05) is 158 Å². The highest BCUT2D eigenvalue weighted by atomic mass is 16.5. The van der Waals surface area contributed by atoms with Crippen molar-refractivity contribution in [1.29, 1.82) is 0 Å². The molecule has 0 aliphatic carbocycles. The fourth-order valence-electron chi connectivity index (χ4n) is 8.40. The number of rotatable bonds is 5. The van der Waals surface area contributed by atoms with Crippen LogP contribution in [0.5, 0.6) is 23.0 Å². The van der Waals surface area contributed by atoms with Crippen molar-refractivity contribution in [2.45, 2.75) is 0 Å². The molecule has 268 valence electrons. The fraction of sp³-hybridized carbons (Fsp3) is 0. The standard InChI is InChI=1S/C54H35NO2/c1-2-13-36(14-3-1)37-25-29-39(30-26-37)55(41-33-34-45-47-18-6-9-22-51(47)56-52-23-10-8-19-48(52)50(45)35-41)40-31-27-38(28-32-40)42-20-12-21-49-44-16-5-4-15-43(44)46-17-7-11-24-53(46)57-54(42)49/h1-35H. The molecule has 0 fully saturated rings. The number of para-hydroxylation sites is 4. The number of hydrogen-bond donors (Lipinski definition) is 0. The van der Waals surface area contributed by atoms with Gasteiger partial charge in [0.05, 0.1) is 0 Å². The molecular formula is C54H35NO2. The van der Waals surface area contributed by atoms with E-state index in [2.05, 4.69) is 193 Å². The van der Waals surface area contributed by atoms with Crippen molar-refractivity contribution in [2.24, 2.45) is 0 Å². The van der Waals surface area contributed by atoms with Crippen LogP contribution >= 0.6 is 0 Å². The van der Waals surface area contributed by atoms with Gasteiger partial charge >= 0.3 is 0 Å². The Labute approximate surface area is 332 Å². The van der Waals surface area contributed by atoms with E-state index in [1.165, 1.54) is 22.3 Å². The van der Waals surface area contributed by atoms with Crippen molar-refractivity contribution >= 4 is 17.1 Å². The Hall–Kier alpha value is -7.62. The number of hydrogen-bond acceptors (Lipinski definition) is 3. The average molecular weight is 730 g/mol. The zero-order valence-corrected chi connectivity index (χ0v) is 31.0. The lowest BCUT2D eigenvalue weighted by atomic mass is 9.92. The number of benzene rings is 9. The van der Waals surface area contributed by atoms with Gasteiger partial charge in [0.2, 0.25) is 0 Å². The van der Waals surface area contributed by atoms with Crippen LogP contribution in [0.4, 0.5) is 17.1 Å². The minimum absolute atomic E-state index is 0.846. The van der Waals surface area contributed by atoms with E-state index in [1.807, 2.05) is 24.3 Å². The first-order chi connectivity index (χ1) is 28.3. The molecule has 0 spiro atoms. The van der Waals surface area contributed by atoms with Gasteiger partial charge in [-0.25, -0.2) is 0 Å². The first-order valence-electron chi connectivity index (χ1n) is 19.3. The number of fused-ring (bicyclic) bond motifs is 10. The van der Waals surface area contributed by atoms with E-state index >= 15 is 0 Å². The van der Waals surface area contributed by atoms with E-state index in [1.54, 1.807) is 0 Å². The second-order valence-corrected chi connectivity index (χ2v) is 14.4. The minimum Gasteiger partial charge on any atom is -0.456 e. The monoisotopic (exact) mass is 729 g/mol. The third-order valence-corrected chi connectivity index (χ3v) is 11.1. The lowest BCUT2D eigenvalue weighted by molar-refractivity contribution is 0.487. The van der Waals surface area contributed by atoms with Crippen LogP contribution in [-0.4, -0.2) is 0 Å². The number of ether oxygens (including phenoxy) is 2. The second-order valence-electron chi connectivity index (χ2n) is 14.4. The molecule has 0 unspecified atom stereocenters. The van der Waals surface area contributed by atoms with Crippen molar-refractivity contribution in [2.75, 3.05) is 4.90 Å². The van der Waals surface area contributed by atoms with Crippen molar-refractivity contribution in [1.82, 2.24) is 0 Å². The summed E-state index contributed by atoms with van der Waals surface area (Å²) in [6.45, 7) is 0. The molecule has 0 aromatic heterocycles. The van der Waals surface area contributed by atoms with Crippen LogP contribution in [0.1, 0.15) is 0 Å². The summed E-state index contributed by atoms with van der Waals surface area (Å²) < 4.78 is 13.4. The van der Waals surface area contributed by atoms with Crippen LogP contribution in [0.3, 0.4) is 0 Å². The molecule has 9 aromatic rings. The third-order valence-electron chi connectivity index (χ3n) is 11.1. The van der Waals surface area contributed by atoms with Crippen LogP contribution in [0.25, 0.3) is 66.8 Å². The molecule has 3 heteroatoms. The summed E-state index contributed by atoms with van der Waals surface area (Å²) in [5.74, 6) is 3.42. The molecule has 0 atom stereocenters. The minimum atomic E-state index is 0.846. The normalized spacial score (nSPS) is 11.8. The summed E-state index contributed by atoms with van der Waals surface area (Å²) in [6, 6.07) is 75.0. The maximum atomic E-state index is 6.83. The van der Waals surface area contributed by atoms with Crippen LogP contribution in [-0.2, 0) is 0 Å². The first-order valence-corrected chi connectivity index (χ1v) is 19.3. The molecule has 0 N–H and O–H groups in total. The van der Waals surface area contributed by atoms with Crippen molar-refractivity contribution < 1.29 is 9.47 Å². The molecule has 0 saturated heterocycles. The number of nitrogens with zero attached hydrogens (tertiary/aromatic N) is 1. The largest absolute Gasteiger partial charge is 0.456 e. The third kappa shape index (κ3) is 5.68. The highest BCUT2D eigenvalue weighted by molar-refractivity contribution is 5.96. The SMILES string of the molecule is c1ccc(-c2ccc(N(c3ccc(-c4cccc5c4Oc4ccccc4-c4ccccc4-5)cc3)c3ccc4c(c3)-c3ccccc3Oc3ccccc3-4)cc2)cc1. The van der Waals surface area contributed by atoms with E-state index < -0.39 is 0 Å². The van der Waals surface area contributed by atoms with E-state index in [9.17, 15) is 0 Å². The van der Waals surface area contributed by atoms with Crippen molar-refractivity contribution in [3.8, 4) is 89.8 Å². The summed E-state index contributed by atoms with van der Waals surface area (Å²) in [4.78, 5) is 2.34. The molecule has 2 aliphatic heterocycles. The van der Waals surface area contributed by atoms with E-state index in [0.29, 0.717) is 0 Å². The Kier molecular flexibility index (Phi) is 7.82. The van der Waals surface area contributed by atoms with Crippen LogP contribution in [0.15, 0.2) is 212 Å². The number of anilines is 3. The molecule has 3 nitrogen and oxygen atoms in total. The quantitative estimate of drug-likeness (QED) is 0.176. The highest BCUT2D eigenvalue weighted by Crippen LogP contribution is 2.51. The molecule has 0 amide bonds. The molecule has 0 radical (unpaired) electrons. The van der Waals surface area contributed by atoms with E-state index in [-0.39, 0.29) is 0 Å². The molecule has 57 heavy (non-hydrogen) atoms. The Morgan fingerprint density at radius 1 is 0.246 bits per heavy atom. The molecule has 2 aliphatic rings. The van der Waals surface area contributed by atoms with Gasteiger partial charge in [0.25, 0.3) is 0 Å². The summed E-state index contributed by atoms with van der Waals surface area (Å²) >= 11 is 0. The van der Waals surface area contributed by atoms with Gasteiger partial charge in [-0.15, -0.1) is 0 Å². The highest BCUT2D eigenvalue weighted by Gasteiger charge is 2.25. The fourth-order valence-corrected chi connectivity index (χ4v) is 8.40. The van der Waals surface area contributed by atoms with Gasteiger partial charge in [-0.05, 0) is 93.5 Å². The lowest BCUT2D eigenvalue weighted by Crippen LogP contribution is -2.10. The predicted octanol–water partition coefficient (Wildman–Crippen LogP) is 15.4. The van der Waals surface area contributed by atoms with Gasteiger partial charge in [0.15, 0.2) is 0 Å². The summed E-state index contributed by atoms with van der Waals surface area (Å²) in [6.07, 6.45) is 0. The average Bonchev–Trinajstić information content (AvgIpc) is 3.52. The van der Waals surface area contributed by atoms with Gasteiger partial charge in [0, 0.05) is 44.9 Å². The zero-order valence-electron chi connectivity index (χ0n) is 31.0. The Bertz CT molecular complexity index is 2950. The van der Waals surface area contributed by atoms with Gasteiger partial charge in [-0.3, -0.25) is 0 Å². The zero-order chi connectivity index (χ0) is 37.7. The molecule has 0 saturated carbocycles. The van der Waals surface area contributed by atoms with Crippen molar-refractivity contribution in [3.05, 3.63) is 212 Å².